The van der Waals surface area contributed by atoms with E-state index in [1.807, 2.05) is 49.4 Å². The van der Waals surface area contributed by atoms with Gasteiger partial charge in [0.25, 0.3) is 0 Å². The molecule has 0 heterocycles. The molecule has 0 unspecified atom stereocenters. The molecule has 0 aliphatic carbocycles. The molecule has 0 saturated heterocycles. The molecule has 36 heavy (non-hydrogen) atoms. The maximum atomic E-state index is 13.6. The Morgan fingerprint density at radius 1 is 0.806 bits per heavy atom. The van der Waals surface area contributed by atoms with Gasteiger partial charge in [0.05, 0.1) is 5.75 Å². The zero-order chi connectivity index (χ0) is 25.5. The maximum Gasteiger partial charge on any atom is 0.204 e. The number of benzene rings is 4. The van der Waals surface area contributed by atoms with Gasteiger partial charge in [0.15, 0.2) is 9.84 Å². The van der Waals surface area contributed by atoms with Crippen LogP contribution >= 0.6 is 11.6 Å². The van der Waals surface area contributed by atoms with Crippen LogP contribution in [-0.2, 0) is 22.2 Å². The van der Waals surface area contributed by atoms with Crippen molar-refractivity contribution in [3.8, 4) is 5.75 Å². The summed E-state index contributed by atoms with van der Waals surface area (Å²) in [5.74, 6) is -0.421. The average Bonchev–Trinajstić information content (AvgIpc) is 2.88. The van der Waals surface area contributed by atoms with Gasteiger partial charge < -0.3 is 4.74 Å². The lowest BCUT2D eigenvalue weighted by molar-refractivity contribution is 0.104. The van der Waals surface area contributed by atoms with Crippen LogP contribution in [0.5, 0.6) is 5.75 Å². The van der Waals surface area contributed by atoms with Gasteiger partial charge in [-0.25, -0.2) is 8.42 Å². The standard InChI is InChI=1S/C30H25ClO4S/c1-22-11-13-24(14-12-22)21-36(33,34)29(30(32)25-15-17-27(31)18-16-25)19-26-9-5-6-10-28(26)35-20-23-7-3-2-4-8-23/h2-19H,20-21H2,1H3/b29-19+. The van der Waals surface area contributed by atoms with Crippen LogP contribution in [0.25, 0.3) is 6.08 Å². The Hall–Kier alpha value is -3.67. The van der Waals surface area contributed by atoms with E-state index in [0.717, 1.165) is 11.1 Å². The average molecular weight is 517 g/mol. The third kappa shape index (κ3) is 6.51. The summed E-state index contributed by atoms with van der Waals surface area (Å²) in [4.78, 5) is 13.2. The van der Waals surface area contributed by atoms with E-state index in [0.29, 0.717) is 28.5 Å². The zero-order valence-corrected chi connectivity index (χ0v) is 21.3. The molecule has 0 aliphatic rings. The van der Waals surface area contributed by atoms with Crippen molar-refractivity contribution in [2.45, 2.75) is 19.3 Å². The van der Waals surface area contributed by atoms with E-state index in [9.17, 15) is 13.2 Å². The Labute approximate surface area is 216 Å². The van der Waals surface area contributed by atoms with E-state index >= 15 is 0 Å². The summed E-state index contributed by atoms with van der Waals surface area (Å²) >= 11 is 5.98. The number of carbonyl (C=O) groups excluding carboxylic acids is 1. The number of aryl methyl sites for hydroxylation is 1. The van der Waals surface area contributed by atoms with Crippen molar-refractivity contribution >= 4 is 33.3 Å². The van der Waals surface area contributed by atoms with E-state index in [-0.39, 0.29) is 16.2 Å². The molecule has 0 aliphatic heterocycles. The van der Waals surface area contributed by atoms with Gasteiger partial charge in [-0.1, -0.05) is 90.0 Å². The van der Waals surface area contributed by atoms with Crippen LogP contribution in [0.1, 0.15) is 32.6 Å². The van der Waals surface area contributed by atoms with Gasteiger partial charge >= 0.3 is 0 Å². The SMILES string of the molecule is Cc1ccc(CS(=O)(=O)/C(=C/c2ccccc2OCc2ccccc2)C(=O)c2ccc(Cl)cc2)cc1. The first-order chi connectivity index (χ1) is 17.3. The number of allylic oxidation sites excluding steroid dienone is 1. The second kappa shape index (κ2) is 11.4. The number of carbonyl (C=O) groups is 1. The highest BCUT2D eigenvalue weighted by atomic mass is 35.5. The van der Waals surface area contributed by atoms with Crippen molar-refractivity contribution in [3.63, 3.8) is 0 Å². The summed E-state index contributed by atoms with van der Waals surface area (Å²) < 4.78 is 33.2. The van der Waals surface area contributed by atoms with Crippen LogP contribution < -0.4 is 4.74 Å². The molecule has 0 radical (unpaired) electrons. The van der Waals surface area contributed by atoms with Crippen LogP contribution in [0, 0.1) is 6.92 Å². The Morgan fingerprint density at radius 2 is 1.44 bits per heavy atom. The van der Waals surface area contributed by atoms with E-state index in [1.165, 1.54) is 18.2 Å². The maximum absolute atomic E-state index is 13.6. The van der Waals surface area contributed by atoms with E-state index in [4.69, 9.17) is 16.3 Å². The summed E-state index contributed by atoms with van der Waals surface area (Å²) in [7, 11) is -4.00. The minimum atomic E-state index is -4.00. The number of Topliss-reactive ketones (excluding diaryl/α,β-unsaturated/α-hetero) is 1. The number of hydrogen-bond donors (Lipinski definition) is 0. The fourth-order valence-corrected chi connectivity index (χ4v) is 5.25. The first kappa shape index (κ1) is 25.4. The number of sulfone groups is 1. The molecule has 4 aromatic carbocycles. The molecule has 0 bridgehead atoms. The Balaban J connectivity index is 1.74. The number of para-hydroxylation sites is 1. The van der Waals surface area contributed by atoms with Crippen LogP contribution in [-0.4, -0.2) is 14.2 Å². The normalized spacial score (nSPS) is 11.8. The molecule has 0 saturated carbocycles. The van der Waals surface area contributed by atoms with Crippen LogP contribution in [0.3, 0.4) is 0 Å². The van der Waals surface area contributed by atoms with E-state index in [1.54, 1.807) is 48.5 Å². The summed E-state index contributed by atoms with van der Waals surface area (Å²) in [6, 6.07) is 30.1. The second-order valence-electron chi connectivity index (χ2n) is 8.40. The van der Waals surface area contributed by atoms with Crippen molar-refractivity contribution in [1.82, 2.24) is 0 Å². The van der Waals surface area contributed by atoms with E-state index < -0.39 is 15.6 Å². The minimum absolute atomic E-state index is 0.237. The molecule has 0 fully saturated rings. The summed E-state index contributed by atoms with van der Waals surface area (Å²) in [5.41, 5.74) is 3.33. The molecule has 0 aromatic heterocycles. The molecule has 0 N–H and O–H groups in total. The lowest BCUT2D eigenvalue weighted by atomic mass is 10.1. The molecule has 6 heteroatoms. The van der Waals surface area contributed by atoms with Crippen LogP contribution in [0.15, 0.2) is 108 Å². The van der Waals surface area contributed by atoms with Gasteiger partial charge in [0.2, 0.25) is 5.78 Å². The van der Waals surface area contributed by atoms with Gasteiger partial charge in [-0.3, -0.25) is 4.79 Å². The van der Waals surface area contributed by atoms with Gasteiger partial charge in [-0.2, -0.15) is 0 Å². The third-order valence-electron chi connectivity index (χ3n) is 5.59. The smallest absolute Gasteiger partial charge is 0.204 e. The largest absolute Gasteiger partial charge is 0.488 e. The molecule has 4 nitrogen and oxygen atoms in total. The Kier molecular flexibility index (Phi) is 8.04. The highest BCUT2D eigenvalue weighted by Crippen LogP contribution is 2.28. The monoisotopic (exact) mass is 516 g/mol. The number of rotatable bonds is 9. The molecule has 4 rings (SSSR count). The molecule has 4 aromatic rings. The zero-order valence-electron chi connectivity index (χ0n) is 19.7. The second-order valence-corrected chi connectivity index (χ2v) is 10.8. The minimum Gasteiger partial charge on any atom is -0.488 e. The van der Waals surface area contributed by atoms with Crippen molar-refractivity contribution < 1.29 is 17.9 Å². The number of halogens is 1. The fraction of sp³-hybridized carbons (Fsp3) is 0.100. The molecule has 0 spiro atoms. The summed E-state index contributed by atoms with van der Waals surface area (Å²) in [6.45, 7) is 2.24. The summed E-state index contributed by atoms with van der Waals surface area (Å²) in [5, 5.41) is 0.458. The number of ether oxygens (including phenoxy) is 1. The predicted molar refractivity (Wildman–Crippen MR) is 145 cm³/mol. The van der Waals surface area contributed by atoms with Gasteiger partial charge in [-0.15, -0.1) is 0 Å². The highest BCUT2D eigenvalue weighted by molar-refractivity contribution is 7.95. The first-order valence-electron chi connectivity index (χ1n) is 11.4. The van der Waals surface area contributed by atoms with E-state index in [2.05, 4.69) is 0 Å². The molecule has 182 valence electrons. The Bertz CT molecular complexity index is 1470. The molecular weight excluding hydrogens is 492 g/mol. The van der Waals surface area contributed by atoms with Crippen molar-refractivity contribution in [3.05, 3.63) is 141 Å². The van der Waals surface area contributed by atoms with Gasteiger partial charge in [0.1, 0.15) is 17.3 Å². The van der Waals surface area contributed by atoms with Crippen LogP contribution in [0.4, 0.5) is 0 Å². The number of ketones is 1. The van der Waals surface area contributed by atoms with Gasteiger partial charge in [-0.05, 0) is 54.5 Å². The lowest BCUT2D eigenvalue weighted by Crippen LogP contribution is -2.16. The first-order valence-corrected chi connectivity index (χ1v) is 13.4. The van der Waals surface area contributed by atoms with Crippen LogP contribution in [0.2, 0.25) is 5.02 Å². The van der Waals surface area contributed by atoms with Crippen molar-refractivity contribution in [2.24, 2.45) is 0 Å². The van der Waals surface area contributed by atoms with Crippen molar-refractivity contribution in [2.75, 3.05) is 0 Å². The van der Waals surface area contributed by atoms with Crippen molar-refractivity contribution in [1.29, 1.82) is 0 Å². The quantitative estimate of drug-likeness (QED) is 0.176. The highest BCUT2D eigenvalue weighted by Gasteiger charge is 2.27. The third-order valence-corrected chi connectivity index (χ3v) is 7.52. The fourth-order valence-electron chi connectivity index (χ4n) is 3.63. The Morgan fingerprint density at radius 3 is 2.14 bits per heavy atom. The molecule has 0 amide bonds. The molecule has 0 atom stereocenters. The summed E-state index contributed by atoms with van der Waals surface area (Å²) in [6.07, 6.45) is 1.40. The predicted octanol–water partition coefficient (Wildman–Crippen LogP) is 7.07. The molecular formula is C30H25ClO4S. The number of hydrogen-bond acceptors (Lipinski definition) is 4. The van der Waals surface area contributed by atoms with Gasteiger partial charge in [0, 0.05) is 16.1 Å². The lowest BCUT2D eigenvalue weighted by Gasteiger charge is -2.13. The topological polar surface area (TPSA) is 60.4 Å².